The van der Waals surface area contributed by atoms with E-state index < -0.39 is 0 Å². The molecule has 1 rings (SSSR count). The minimum atomic E-state index is -0.00236. The molecule has 0 fully saturated rings. The fourth-order valence-corrected chi connectivity index (χ4v) is 1.70. The van der Waals surface area contributed by atoms with E-state index in [1.54, 1.807) is 7.11 Å². The van der Waals surface area contributed by atoms with Gasteiger partial charge in [0.25, 0.3) is 0 Å². The van der Waals surface area contributed by atoms with Gasteiger partial charge in [0.05, 0.1) is 12.6 Å². The highest BCUT2D eigenvalue weighted by Gasteiger charge is 2.19. The number of hydrogen-bond acceptors (Lipinski definition) is 4. The molecule has 0 aliphatic rings. The Morgan fingerprint density at radius 1 is 1.36 bits per heavy atom. The molecule has 0 aliphatic carbocycles. The lowest BCUT2D eigenvalue weighted by molar-refractivity contribution is 0.166. The molecule has 0 aromatic carbocycles. The van der Waals surface area contributed by atoms with Crippen molar-refractivity contribution in [1.29, 1.82) is 0 Å². The van der Waals surface area contributed by atoms with Crippen LogP contribution in [0, 0.1) is 20.8 Å². The zero-order valence-electron chi connectivity index (χ0n) is 9.18. The Hall–Kier alpha value is -0.840. The number of ether oxygens (including phenoxy) is 1. The van der Waals surface area contributed by atoms with Crippen molar-refractivity contribution in [2.45, 2.75) is 26.8 Å². The quantitative estimate of drug-likeness (QED) is 0.566. The van der Waals surface area contributed by atoms with Crippen molar-refractivity contribution >= 4 is 0 Å². The number of furan rings is 1. The number of hydrazine groups is 1. The molecule has 1 unspecified atom stereocenters. The molecule has 1 aromatic heterocycles. The summed E-state index contributed by atoms with van der Waals surface area (Å²) in [7, 11) is 1.65. The number of methoxy groups -OCH3 is 1. The molecule has 1 aromatic rings. The maximum Gasteiger partial charge on any atom is 0.106 e. The Morgan fingerprint density at radius 2 is 2.00 bits per heavy atom. The number of aryl methyl sites for hydroxylation is 2. The molecule has 0 saturated heterocycles. The molecule has 4 nitrogen and oxygen atoms in total. The van der Waals surface area contributed by atoms with Crippen LogP contribution >= 0.6 is 0 Å². The van der Waals surface area contributed by atoms with Crippen LogP contribution in [0.1, 0.15) is 28.7 Å². The van der Waals surface area contributed by atoms with Gasteiger partial charge in [-0.25, -0.2) is 0 Å². The summed E-state index contributed by atoms with van der Waals surface area (Å²) in [6, 6.07) is -0.00236. The van der Waals surface area contributed by atoms with Crippen molar-refractivity contribution < 1.29 is 9.15 Å². The molecular formula is C10H18N2O2. The third-order valence-electron chi connectivity index (χ3n) is 2.50. The van der Waals surface area contributed by atoms with Crippen molar-refractivity contribution in [1.82, 2.24) is 5.43 Å². The number of nitrogens with two attached hydrogens (primary N) is 1. The minimum absolute atomic E-state index is 0.00236. The molecule has 4 heteroatoms. The lowest BCUT2D eigenvalue weighted by Gasteiger charge is -2.15. The SMILES string of the molecule is COCC(NN)c1c(C)oc(C)c1C. The average molecular weight is 198 g/mol. The monoisotopic (exact) mass is 198 g/mol. The Morgan fingerprint density at radius 3 is 2.36 bits per heavy atom. The van der Waals surface area contributed by atoms with E-state index in [2.05, 4.69) is 5.43 Å². The van der Waals surface area contributed by atoms with Gasteiger partial charge in [-0.05, 0) is 26.3 Å². The molecule has 0 aliphatic heterocycles. The number of rotatable bonds is 4. The predicted molar refractivity (Wildman–Crippen MR) is 54.9 cm³/mol. The van der Waals surface area contributed by atoms with Gasteiger partial charge in [0.15, 0.2) is 0 Å². The van der Waals surface area contributed by atoms with Gasteiger partial charge in [-0.1, -0.05) is 0 Å². The number of nitrogens with one attached hydrogen (secondary N) is 1. The van der Waals surface area contributed by atoms with Gasteiger partial charge in [-0.2, -0.15) is 0 Å². The molecule has 0 bridgehead atoms. The van der Waals surface area contributed by atoms with Crippen LogP contribution in [0.25, 0.3) is 0 Å². The normalized spacial score (nSPS) is 13.2. The lowest BCUT2D eigenvalue weighted by atomic mass is 10.0. The smallest absolute Gasteiger partial charge is 0.106 e. The summed E-state index contributed by atoms with van der Waals surface area (Å²) in [6.45, 7) is 6.46. The summed E-state index contributed by atoms with van der Waals surface area (Å²) in [5.41, 5.74) is 4.97. The van der Waals surface area contributed by atoms with Crippen LogP contribution in [0.4, 0.5) is 0 Å². The fraction of sp³-hybridized carbons (Fsp3) is 0.600. The van der Waals surface area contributed by atoms with Crippen LogP contribution in [-0.2, 0) is 4.74 Å². The largest absolute Gasteiger partial charge is 0.466 e. The first-order valence-corrected chi connectivity index (χ1v) is 4.63. The maximum atomic E-state index is 5.52. The first-order chi connectivity index (χ1) is 6.61. The maximum absolute atomic E-state index is 5.52. The van der Waals surface area contributed by atoms with Crippen molar-refractivity contribution in [3.8, 4) is 0 Å². The second-order valence-corrected chi connectivity index (χ2v) is 3.43. The average Bonchev–Trinajstić information content (AvgIpc) is 2.39. The van der Waals surface area contributed by atoms with Crippen molar-refractivity contribution in [3.63, 3.8) is 0 Å². The molecule has 0 amide bonds. The van der Waals surface area contributed by atoms with E-state index >= 15 is 0 Å². The van der Waals surface area contributed by atoms with E-state index in [0.717, 1.165) is 22.6 Å². The Bertz CT molecular complexity index is 307. The van der Waals surface area contributed by atoms with Crippen molar-refractivity contribution in [2.24, 2.45) is 5.84 Å². The summed E-state index contributed by atoms with van der Waals surface area (Å²) in [4.78, 5) is 0. The van der Waals surface area contributed by atoms with Gasteiger partial charge in [0, 0.05) is 12.7 Å². The summed E-state index contributed by atoms with van der Waals surface area (Å²) in [5, 5.41) is 0. The Kier molecular flexibility index (Phi) is 3.69. The first-order valence-electron chi connectivity index (χ1n) is 4.63. The van der Waals surface area contributed by atoms with E-state index in [1.165, 1.54) is 0 Å². The van der Waals surface area contributed by atoms with Gasteiger partial charge in [0.2, 0.25) is 0 Å². The van der Waals surface area contributed by atoms with E-state index in [4.69, 9.17) is 15.0 Å². The van der Waals surface area contributed by atoms with E-state index in [1.807, 2.05) is 20.8 Å². The van der Waals surface area contributed by atoms with Gasteiger partial charge >= 0.3 is 0 Å². The van der Waals surface area contributed by atoms with Crippen LogP contribution in [-0.4, -0.2) is 13.7 Å². The van der Waals surface area contributed by atoms with Crippen molar-refractivity contribution in [3.05, 3.63) is 22.6 Å². The Labute approximate surface area is 84.4 Å². The van der Waals surface area contributed by atoms with Crippen LogP contribution in [0.5, 0.6) is 0 Å². The third kappa shape index (κ3) is 1.97. The Balaban J connectivity index is 3.02. The van der Waals surface area contributed by atoms with Crippen LogP contribution in [0.3, 0.4) is 0 Å². The molecule has 1 heterocycles. The van der Waals surface area contributed by atoms with Crippen LogP contribution in [0.15, 0.2) is 4.42 Å². The molecule has 0 saturated carbocycles. The molecular weight excluding hydrogens is 180 g/mol. The fourth-order valence-electron chi connectivity index (χ4n) is 1.70. The summed E-state index contributed by atoms with van der Waals surface area (Å²) < 4.78 is 10.6. The molecule has 1 atom stereocenters. The number of hydrogen-bond donors (Lipinski definition) is 2. The summed E-state index contributed by atoms with van der Waals surface area (Å²) in [6.07, 6.45) is 0. The van der Waals surface area contributed by atoms with Gasteiger partial charge < -0.3 is 9.15 Å². The minimum Gasteiger partial charge on any atom is -0.466 e. The zero-order chi connectivity index (χ0) is 10.7. The van der Waals surface area contributed by atoms with Gasteiger partial charge in [-0.3, -0.25) is 11.3 Å². The molecule has 3 N–H and O–H groups in total. The van der Waals surface area contributed by atoms with Crippen LogP contribution < -0.4 is 11.3 Å². The molecule has 14 heavy (non-hydrogen) atoms. The van der Waals surface area contributed by atoms with E-state index in [-0.39, 0.29) is 6.04 Å². The highest BCUT2D eigenvalue weighted by Crippen LogP contribution is 2.26. The summed E-state index contributed by atoms with van der Waals surface area (Å²) >= 11 is 0. The lowest BCUT2D eigenvalue weighted by Crippen LogP contribution is -2.31. The second-order valence-electron chi connectivity index (χ2n) is 3.43. The van der Waals surface area contributed by atoms with Gasteiger partial charge in [0.1, 0.15) is 11.5 Å². The van der Waals surface area contributed by atoms with E-state index in [0.29, 0.717) is 6.61 Å². The summed E-state index contributed by atoms with van der Waals surface area (Å²) in [5.74, 6) is 7.31. The van der Waals surface area contributed by atoms with Crippen LogP contribution in [0.2, 0.25) is 0 Å². The third-order valence-corrected chi connectivity index (χ3v) is 2.50. The highest BCUT2D eigenvalue weighted by atomic mass is 16.5. The second kappa shape index (κ2) is 4.59. The molecule has 80 valence electrons. The molecule has 0 spiro atoms. The zero-order valence-corrected chi connectivity index (χ0v) is 9.18. The first kappa shape index (κ1) is 11.2. The topological polar surface area (TPSA) is 60.4 Å². The van der Waals surface area contributed by atoms with E-state index in [9.17, 15) is 0 Å². The molecule has 0 radical (unpaired) electrons. The standard InChI is InChI=1S/C10H18N2O2/c1-6-7(2)14-8(3)10(6)9(12-11)5-13-4/h9,12H,5,11H2,1-4H3. The van der Waals surface area contributed by atoms with Crippen molar-refractivity contribution in [2.75, 3.05) is 13.7 Å². The van der Waals surface area contributed by atoms with Gasteiger partial charge in [-0.15, -0.1) is 0 Å². The predicted octanol–water partition coefficient (Wildman–Crippen LogP) is 1.36. The highest BCUT2D eigenvalue weighted by molar-refractivity contribution is 5.34.